The molecule has 9 heteroatoms. The van der Waals surface area contributed by atoms with Crippen LogP contribution in [-0.2, 0) is 22.5 Å². The highest BCUT2D eigenvalue weighted by atomic mass is 79.9. The van der Waals surface area contributed by atoms with Gasteiger partial charge in [-0.25, -0.2) is 0 Å². The van der Waals surface area contributed by atoms with Crippen LogP contribution in [0.1, 0.15) is 28.3 Å². The molecule has 6 rings (SSSR count). The molecule has 3 N–H and O–H groups in total. The molecule has 3 aromatic carbocycles. The predicted molar refractivity (Wildman–Crippen MR) is 141 cm³/mol. The fraction of sp³-hybridized carbons (Fsp3) is 0.241. The summed E-state index contributed by atoms with van der Waals surface area (Å²) in [6, 6.07) is 23.7. The number of aliphatic hydroxyl groups excluding tert-OH is 1. The molecule has 2 heterocycles. The molecular formula is C29H25BrN2O6. The molecule has 194 valence electrons. The number of carboxylic acid groups (broad SMARTS) is 1. The van der Waals surface area contributed by atoms with Gasteiger partial charge in [0.15, 0.2) is 17.0 Å². The second kappa shape index (κ2) is 8.97. The average Bonchev–Trinajstić information content (AvgIpc) is 3.49. The first-order chi connectivity index (χ1) is 18.3. The van der Waals surface area contributed by atoms with Crippen LogP contribution >= 0.6 is 15.9 Å². The topological polar surface area (TPSA) is 114 Å². The Balaban J connectivity index is 1.52. The second-order valence-corrected chi connectivity index (χ2v) is 10.6. The summed E-state index contributed by atoms with van der Waals surface area (Å²) in [5, 5.41) is 39.1. The van der Waals surface area contributed by atoms with Crippen molar-refractivity contribution in [3.8, 4) is 11.5 Å². The largest absolute Gasteiger partial charge is 0.497 e. The third-order valence-electron chi connectivity index (χ3n) is 7.71. The smallest absolute Gasteiger partial charge is 0.310 e. The minimum Gasteiger partial charge on any atom is -0.497 e. The molecule has 2 aliphatic rings. The molecule has 1 aromatic heterocycles. The van der Waals surface area contributed by atoms with Gasteiger partial charge in [0, 0.05) is 10.4 Å². The van der Waals surface area contributed by atoms with Crippen molar-refractivity contribution in [2.45, 2.75) is 29.8 Å². The molecule has 1 saturated carbocycles. The van der Waals surface area contributed by atoms with E-state index in [1.165, 1.54) is 0 Å². The molecule has 0 radical (unpaired) electrons. The number of benzene rings is 3. The highest BCUT2D eigenvalue weighted by Gasteiger charge is 2.78. The van der Waals surface area contributed by atoms with Crippen LogP contribution in [0.2, 0.25) is 0 Å². The fourth-order valence-electron chi connectivity index (χ4n) is 6.06. The number of nitrogens with zero attached hydrogens (tertiary/aromatic N) is 2. The van der Waals surface area contributed by atoms with Gasteiger partial charge in [0.25, 0.3) is 0 Å². The number of carbonyl (C=O) groups is 1. The Morgan fingerprint density at radius 1 is 1.08 bits per heavy atom. The number of fused-ring (bicyclic) bond motifs is 3. The molecule has 0 amide bonds. The van der Waals surface area contributed by atoms with Crippen LogP contribution in [-0.4, -0.2) is 44.3 Å². The van der Waals surface area contributed by atoms with Gasteiger partial charge in [0.05, 0.1) is 25.8 Å². The predicted octanol–water partition coefficient (Wildman–Crippen LogP) is 4.04. The van der Waals surface area contributed by atoms with E-state index in [4.69, 9.17) is 9.47 Å². The summed E-state index contributed by atoms with van der Waals surface area (Å²) < 4.78 is 14.3. The molecule has 5 unspecified atom stereocenters. The van der Waals surface area contributed by atoms with Gasteiger partial charge >= 0.3 is 5.97 Å². The maximum Gasteiger partial charge on any atom is 0.310 e. The minimum atomic E-state index is -2.13. The van der Waals surface area contributed by atoms with Gasteiger partial charge in [-0.15, -0.1) is 0 Å². The van der Waals surface area contributed by atoms with E-state index in [0.717, 1.165) is 15.8 Å². The van der Waals surface area contributed by atoms with Crippen molar-refractivity contribution in [1.29, 1.82) is 0 Å². The third kappa shape index (κ3) is 3.42. The van der Waals surface area contributed by atoms with Crippen LogP contribution in [0.4, 0.5) is 0 Å². The zero-order valence-electron chi connectivity index (χ0n) is 20.4. The summed E-state index contributed by atoms with van der Waals surface area (Å²) in [4.78, 5) is 12.6. The first-order valence-electron chi connectivity index (χ1n) is 12.1. The Morgan fingerprint density at radius 2 is 1.76 bits per heavy atom. The van der Waals surface area contributed by atoms with Crippen molar-refractivity contribution in [2.75, 3.05) is 7.11 Å². The van der Waals surface area contributed by atoms with Crippen molar-refractivity contribution in [3.05, 3.63) is 112 Å². The van der Waals surface area contributed by atoms with Crippen LogP contribution in [0.25, 0.3) is 0 Å². The van der Waals surface area contributed by atoms with E-state index >= 15 is 0 Å². The van der Waals surface area contributed by atoms with Crippen molar-refractivity contribution >= 4 is 21.9 Å². The first-order valence-corrected chi connectivity index (χ1v) is 12.9. The number of aliphatic carboxylic acids is 1. The third-order valence-corrected chi connectivity index (χ3v) is 8.24. The maximum atomic E-state index is 12.6. The number of methoxy groups -OCH3 is 1. The molecule has 1 fully saturated rings. The quantitative estimate of drug-likeness (QED) is 0.317. The molecule has 0 bridgehead atoms. The van der Waals surface area contributed by atoms with E-state index < -0.39 is 35.1 Å². The normalized spacial score (nSPS) is 27.4. The Labute approximate surface area is 227 Å². The standard InChI is InChI=1S/C29H25BrN2O6/c1-37-21-13-7-17(8-14-21)15-32-16-22-25(31-32)28(36)26(33)23(27(34)35)24(18-5-3-2-4-6-18)29(28,38-22)19-9-11-20(30)12-10-19/h2-14,16,23-24,26,33,36H,15H2,1H3,(H,34,35). The van der Waals surface area contributed by atoms with E-state index in [0.29, 0.717) is 23.4 Å². The Bertz CT molecular complexity index is 1490. The SMILES string of the molecule is COc1ccc(Cn2cc3c(n2)C2(O)C(O)C(C(=O)O)C(c4ccccc4)C2(c2ccc(Br)cc2)O3)cc1. The summed E-state index contributed by atoms with van der Waals surface area (Å²) in [7, 11) is 1.60. The van der Waals surface area contributed by atoms with Crippen molar-refractivity contribution in [3.63, 3.8) is 0 Å². The summed E-state index contributed by atoms with van der Waals surface area (Å²) >= 11 is 3.45. The zero-order chi connectivity index (χ0) is 26.7. The molecule has 38 heavy (non-hydrogen) atoms. The molecule has 0 spiro atoms. The summed E-state index contributed by atoms with van der Waals surface area (Å²) in [6.45, 7) is 0.377. The fourth-order valence-corrected chi connectivity index (χ4v) is 6.32. The first kappa shape index (κ1) is 24.7. The van der Waals surface area contributed by atoms with Crippen molar-refractivity contribution < 1.29 is 29.6 Å². The van der Waals surface area contributed by atoms with E-state index in [-0.39, 0.29) is 5.69 Å². The second-order valence-electron chi connectivity index (χ2n) is 9.70. The maximum absolute atomic E-state index is 12.6. The van der Waals surface area contributed by atoms with Crippen LogP contribution in [0.3, 0.4) is 0 Å². The Morgan fingerprint density at radius 3 is 2.39 bits per heavy atom. The number of ether oxygens (including phenoxy) is 2. The molecule has 5 atom stereocenters. The number of aromatic nitrogens is 2. The van der Waals surface area contributed by atoms with E-state index in [1.54, 1.807) is 66.5 Å². The average molecular weight is 577 g/mol. The highest BCUT2D eigenvalue weighted by Crippen LogP contribution is 2.68. The molecule has 1 aliphatic heterocycles. The number of aliphatic hydroxyl groups is 2. The summed E-state index contributed by atoms with van der Waals surface area (Å²) in [6.07, 6.45) is -0.0134. The van der Waals surface area contributed by atoms with Gasteiger partial charge in [-0.3, -0.25) is 9.48 Å². The number of rotatable bonds is 6. The number of halogens is 1. The van der Waals surface area contributed by atoms with E-state index in [2.05, 4.69) is 21.0 Å². The lowest BCUT2D eigenvalue weighted by Crippen LogP contribution is -2.52. The van der Waals surface area contributed by atoms with Crippen molar-refractivity contribution in [1.82, 2.24) is 9.78 Å². The number of carboxylic acids is 1. The van der Waals surface area contributed by atoms with Crippen LogP contribution in [0.5, 0.6) is 11.5 Å². The molecular weight excluding hydrogens is 552 g/mol. The Hall–Kier alpha value is -3.66. The van der Waals surface area contributed by atoms with Gasteiger partial charge in [0.2, 0.25) is 0 Å². The van der Waals surface area contributed by atoms with Crippen LogP contribution < -0.4 is 9.47 Å². The van der Waals surface area contributed by atoms with Gasteiger partial charge < -0.3 is 24.8 Å². The number of hydrogen-bond donors (Lipinski definition) is 3. The van der Waals surface area contributed by atoms with E-state index in [9.17, 15) is 20.1 Å². The van der Waals surface area contributed by atoms with Crippen molar-refractivity contribution in [2.24, 2.45) is 5.92 Å². The van der Waals surface area contributed by atoms with E-state index in [1.807, 2.05) is 30.3 Å². The van der Waals surface area contributed by atoms with Gasteiger partial charge in [-0.1, -0.05) is 70.5 Å². The zero-order valence-corrected chi connectivity index (χ0v) is 21.9. The van der Waals surface area contributed by atoms with Crippen LogP contribution in [0, 0.1) is 5.92 Å². The minimum absolute atomic E-state index is 0.117. The lowest BCUT2D eigenvalue weighted by atomic mass is 9.71. The van der Waals surface area contributed by atoms with Crippen LogP contribution in [0.15, 0.2) is 89.5 Å². The molecule has 8 nitrogen and oxygen atoms in total. The van der Waals surface area contributed by atoms with Gasteiger partial charge in [-0.2, -0.15) is 5.10 Å². The summed E-state index contributed by atoms with van der Waals surface area (Å²) in [5.41, 5.74) is -1.53. The lowest BCUT2D eigenvalue weighted by molar-refractivity contribution is -0.161. The molecule has 4 aromatic rings. The molecule has 0 saturated heterocycles. The summed E-state index contributed by atoms with van der Waals surface area (Å²) in [5.74, 6) is -2.46. The Kier molecular flexibility index (Phi) is 5.82. The van der Waals surface area contributed by atoms with Gasteiger partial charge in [-0.05, 0) is 41.0 Å². The molecule has 1 aliphatic carbocycles. The van der Waals surface area contributed by atoms with Gasteiger partial charge in [0.1, 0.15) is 17.5 Å². The monoisotopic (exact) mass is 576 g/mol. The lowest BCUT2D eigenvalue weighted by Gasteiger charge is -2.40. The number of hydrogen-bond acceptors (Lipinski definition) is 6. The highest BCUT2D eigenvalue weighted by molar-refractivity contribution is 9.10.